The first-order valence-corrected chi connectivity index (χ1v) is 7.56. The van der Waals surface area contributed by atoms with Gasteiger partial charge in [-0.2, -0.15) is 0 Å². The molecule has 0 amide bonds. The number of aromatic amines is 1. The molecule has 0 aliphatic carbocycles. The maximum atomic E-state index is 13.2. The monoisotopic (exact) mass is 323 g/mol. The molecule has 0 aliphatic rings. The summed E-state index contributed by atoms with van der Waals surface area (Å²) < 4.78 is 14.9. The van der Waals surface area contributed by atoms with E-state index >= 15 is 0 Å². The first kappa shape index (κ1) is 15.8. The highest BCUT2D eigenvalue weighted by atomic mass is 19.1. The number of H-pyrrole nitrogens is 1. The quantitative estimate of drug-likeness (QED) is 0.560. The molecule has 0 atom stereocenters. The molecule has 24 heavy (non-hydrogen) atoms. The van der Waals surface area contributed by atoms with Gasteiger partial charge in [-0.3, -0.25) is 9.59 Å². The molecule has 2 aromatic carbocycles. The van der Waals surface area contributed by atoms with Gasteiger partial charge in [0.1, 0.15) is 24.6 Å². The van der Waals surface area contributed by atoms with E-state index in [9.17, 15) is 14.0 Å². The van der Waals surface area contributed by atoms with Crippen molar-refractivity contribution in [2.75, 3.05) is 0 Å². The van der Waals surface area contributed by atoms with Gasteiger partial charge in [0.05, 0.1) is 0 Å². The predicted molar refractivity (Wildman–Crippen MR) is 86.2 cm³/mol. The van der Waals surface area contributed by atoms with E-state index in [4.69, 9.17) is 0 Å². The van der Waals surface area contributed by atoms with Crippen molar-refractivity contribution in [1.82, 2.24) is 4.98 Å². The Hall–Kier alpha value is -3.08. The third-order valence-electron chi connectivity index (χ3n) is 3.74. The minimum Gasteiger partial charge on any atom is -0.293 e. The maximum absolute atomic E-state index is 13.2. The normalized spacial score (nSPS) is 10.5. The third kappa shape index (κ3) is 3.63. The molecular formula is C19H16FN2O2+. The Labute approximate surface area is 138 Å². The van der Waals surface area contributed by atoms with Crippen LogP contribution in [0.3, 0.4) is 0 Å². The number of nitrogens with zero attached hydrogens (tertiary/aromatic N) is 1. The standard InChI is InChI=1S/C19H15FN2O2/c20-16-8-4-7-15(11-16)18(24)13-22-10-9-21-19(22)12-17(23)14-5-2-1-3-6-14/h1-11H,12-13H2/p+1. The van der Waals surface area contributed by atoms with Crippen molar-refractivity contribution >= 4 is 11.6 Å². The van der Waals surface area contributed by atoms with Crippen LogP contribution in [0.1, 0.15) is 26.5 Å². The van der Waals surface area contributed by atoms with Gasteiger partial charge in [-0.1, -0.05) is 42.5 Å². The smallest absolute Gasteiger partial charge is 0.262 e. The van der Waals surface area contributed by atoms with Crippen LogP contribution in [0.25, 0.3) is 0 Å². The first-order valence-electron chi connectivity index (χ1n) is 7.56. The van der Waals surface area contributed by atoms with Crippen molar-refractivity contribution in [3.63, 3.8) is 0 Å². The third-order valence-corrected chi connectivity index (χ3v) is 3.74. The number of halogens is 1. The maximum Gasteiger partial charge on any atom is 0.262 e. The zero-order valence-electron chi connectivity index (χ0n) is 12.9. The van der Waals surface area contributed by atoms with E-state index in [2.05, 4.69) is 4.98 Å². The number of hydrogen-bond acceptors (Lipinski definition) is 2. The summed E-state index contributed by atoms with van der Waals surface area (Å²) in [6.07, 6.45) is 3.53. The molecule has 0 bridgehead atoms. The summed E-state index contributed by atoms with van der Waals surface area (Å²) >= 11 is 0. The number of Topliss-reactive ketones (excluding diaryl/α,β-unsaturated/α-hetero) is 2. The van der Waals surface area contributed by atoms with Gasteiger partial charge in [-0.05, 0) is 12.1 Å². The molecular weight excluding hydrogens is 307 g/mol. The lowest BCUT2D eigenvalue weighted by molar-refractivity contribution is -0.688. The molecule has 1 heterocycles. The Morgan fingerprint density at radius 3 is 2.46 bits per heavy atom. The molecule has 0 fully saturated rings. The summed E-state index contributed by atoms with van der Waals surface area (Å²) in [4.78, 5) is 27.6. The van der Waals surface area contributed by atoms with Crippen LogP contribution in [-0.4, -0.2) is 16.6 Å². The summed E-state index contributed by atoms with van der Waals surface area (Å²) in [5.41, 5.74) is 0.930. The molecule has 0 radical (unpaired) electrons. The van der Waals surface area contributed by atoms with Gasteiger partial charge in [0.2, 0.25) is 5.78 Å². The summed E-state index contributed by atoms with van der Waals surface area (Å²) in [5.74, 6) is -0.0643. The Bertz CT molecular complexity index is 872. The highest BCUT2D eigenvalue weighted by Gasteiger charge is 2.19. The number of aromatic nitrogens is 2. The number of ketones is 2. The molecule has 0 aliphatic heterocycles. The highest BCUT2D eigenvalue weighted by molar-refractivity contribution is 5.97. The van der Waals surface area contributed by atoms with Crippen molar-refractivity contribution in [2.24, 2.45) is 0 Å². The fourth-order valence-corrected chi connectivity index (χ4v) is 2.48. The second-order valence-corrected chi connectivity index (χ2v) is 5.43. The summed E-state index contributed by atoms with van der Waals surface area (Å²) in [6.45, 7) is 0.0460. The second kappa shape index (κ2) is 7.00. The fraction of sp³-hybridized carbons (Fsp3) is 0.105. The number of carbonyl (C=O) groups excluding carboxylic acids is 2. The number of benzene rings is 2. The average Bonchev–Trinajstić information content (AvgIpc) is 3.02. The summed E-state index contributed by atoms with van der Waals surface area (Å²) in [7, 11) is 0. The van der Waals surface area contributed by atoms with Crippen molar-refractivity contribution in [2.45, 2.75) is 13.0 Å². The summed E-state index contributed by atoms with van der Waals surface area (Å²) in [5, 5.41) is 0. The molecule has 5 heteroatoms. The van der Waals surface area contributed by atoms with Gasteiger partial charge < -0.3 is 0 Å². The van der Waals surface area contributed by atoms with E-state index in [0.717, 1.165) is 0 Å². The largest absolute Gasteiger partial charge is 0.293 e. The molecule has 3 aromatic rings. The molecule has 4 nitrogen and oxygen atoms in total. The lowest BCUT2D eigenvalue weighted by atomic mass is 10.1. The Morgan fingerprint density at radius 2 is 1.71 bits per heavy atom. The predicted octanol–water partition coefficient (Wildman–Crippen LogP) is 2.75. The Morgan fingerprint density at radius 1 is 0.958 bits per heavy atom. The zero-order chi connectivity index (χ0) is 16.9. The van der Waals surface area contributed by atoms with Gasteiger partial charge in [-0.15, -0.1) is 0 Å². The van der Waals surface area contributed by atoms with Crippen molar-refractivity contribution in [3.05, 3.63) is 89.8 Å². The lowest BCUT2D eigenvalue weighted by Crippen LogP contribution is -2.40. The van der Waals surface area contributed by atoms with Crippen molar-refractivity contribution in [3.8, 4) is 0 Å². The number of carbonyl (C=O) groups is 2. The SMILES string of the molecule is O=C(Cc1[nH]cc[n+]1CC(=O)c1cccc(F)c1)c1ccccc1. The van der Waals surface area contributed by atoms with E-state index in [-0.39, 0.29) is 24.5 Å². The van der Waals surface area contributed by atoms with E-state index in [1.54, 1.807) is 35.2 Å². The van der Waals surface area contributed by atoms with Crippen LogP contribution in [0.5, 0.6) is 0 Å². The van der Waals surface area contributed by atoms with Gasteiger partial charge in [-0.25, -0.2) is 13.9 Å². The molecule has 0 unspecified atom stereocenters. The fourth-order valence-electron chi connectivity index (χ4n) is 2.48. The van der Waals surface area contributed by atoms with E-state index < -0.39 is 5.82 Å². The van der Waals surface area contributed by atoms with Crippen molar-refractivity contribution < 1.29 is 18.5 Å². The minimum absolute atomic E-state index is 0.0370. The van der Waals surface area contributed by atoms with Crippen LogP contribution in [-0.2, 0) is 13.0 Å². The van der Waals surface area contributed by atoms with Gasteiger partial charge in [0, 0.05) is 11.1 Å². The molecule has 1 N–H and O–H groups in total. The van der Waals surface area contributed by atoms with Gasteiger partial charge >= 0.3 is 0 Å². The number of nitrogens with one attached hydrogen (secondary N) is 1. The molecule has 3 rings (SSSR count). The zero-order valence-corrected chi connectivity index (χ0v) is 12.9. The Balaban J connectivity index is 1.74. The van der Waals surface area contributed by atoms with Crippen LogP contribution >= 0.6 is 0 Å². The van der Waals surface area contributed by atoms with E-state index in [1.807, 2.05) is 18.2 Å². The second-order valence-electron chi connectivity index (χ2n) is 5.43. The van der Waals surface area contributed by atoms with Gasteiger partial charge in [0.25, 0.3) is 5.82 Å². The molecule has 120 valence electrons. The molecule has 0 spiro atoms. The van der Waals surface area contributed by atoms with Gasteiger partial charge in [0.15, 0.2) is 12.3 Å². The van der Waals surface area contributed by atoms with E-state index in [0.29, 0.717) is 17.0 Å². The van der Waals surface area contributed by atoms with E-state index in [1.165, 1.54) is 18.2 Å². The molecule has 1 aromatic heterocycles. The Kier molecular flexibility index (Phi) is 4.61. The topological polar surface area (TPSA) is 53.8 Å². The average molecular weight is 323 g/mol. The number of hydrogen-bond donors (Lipinski definition) is 1. The highest BCUT2D eigenvalue weighted by Crippen LogP contribution is 2.06. The number of rotatable bonds is 6. The first-order chi connectivity index (χ1) is 11.6. The lowest BCUT2D eigenvalue weighted by Gasteiger charge is -2.02. The van der Waals surface area contributed by atoms with Crippen LogP contribution in [0.2, 0.25) is 0 Å². The minimum atomic E-state index is -0.445. The number of imidazole rings is 1. The van der Waals surface area contributed by atoms with Crippen LogP contribution in [0.15, 0.2) is 67.0 Å². The van der Waals surface area contributed by atoms with Crippen LogP contribution in [0.4, 0.5) is 4.39 Å². The molecule has 0 saturated carbocycles. The van der Waals surface area contributed by atoms with Crippen LogP contribution < -0.4 is 4.57 Å². The molecule has 0 saturated heterocycles. The summed E-state index contributed by atoms with van der Waals surface area (Å²) in [6, 6.07) is 14.6. The van der Waals surface area contributed by atoms with Crippen LogP contribution in [0, 0.1) is 5.82 Å². The van der Waals surface area contributed by atoms with Crippen molar-refractivity contribution in [1.29, 1.82) is 0 Å².